The lowest BCUT2D eigenvalue weighted by atomic mass is 10.0. The van der Waals surface area contributed by atoms with E-state index >= 15 is 0 Å². The lowest BCUT2D eigenvalue weighted by Gasteiger charge is -2.20. The van der Waals surface area contributed by atoms with E-state index in [-0.39, 0.29) is 12.1 Å². The SMILES string of the molecule is Cc1ccc(-c2nnco2)cc1NC(=O)N[C@@H](c1ccccc1)C1CC1. The van der Waals surface area contributed by atoms with Crippen LogP contribution in [0.2, 0.25) is 0 Å². The lowest BCUT2D eigenvalue weighted by Crippen LogP contribution is -2.33. The molecule has 0 spiro atoms. The summed E-state index contributed by atoms with van der Waals surface area (Å²) in [5, 5.41) is 13.7. The number of hydrogen-bond donors (Lipinski definition) is 2. The highest BCUT2D eigenvalue weighted by atomic mass is 16.4. The summed E-state index contributed by atoms with van der Waals surface area (Å²) in [6, 6.07) is 15.6. The van der Waals surface area contributed by atoms with Gasteiger partial charge in [0.1, 0.15) is 0 Å². The van der Waals surface area contributed by atoms with Gasteiger partial charge in [0.2, 0.25) is 12.3 Å². The Balaban J connectivity index is 1.50. The molecule has 132 valence electrons. The molecule has 6 heteroatoms. The maximum Gasteiger partial charge on any atom is 0.319 e. The van der Waals surface area contributed by atoms with Crippen molar-refractivity contribution in [3.63, 3.8) is 0 Å². The van der Waals surface area contributed by atoms with Crippen molar-refractivity contribution in [3.8, 4) is 11.5 Å². The monoisotopic (exact) mass is 348 g/mol. The topological polar surface area (TPSA) is 80.1 Å². The van der Waals surface area contributed by atoms with Gasteiger partial charge in [-0.25, -0.2) is 4.79 Å². The molecule has 2 amide bonds. The highest BCUT2D eigenvalue weighted by Gasteiger charge is 2.33. The van der Waals surface area contributed by atoms with Gasteiger partial charge in [-0.2, -0.15) is 0 Å². The van der Waals surface area contributed by atoms with E-state index in [0.717, 1.165) is 35.2 Å². The van der Waals surface area contributed by atoms with E-state index in [2.05, 4.69) is 33.0 Å². The highest BCUT2D eigenvalue weighted by molar-refractivity contribution is 5.91. The summed E-state index contributed by atoms with van der Waals surface area (Å²) < 4.78 is 5.23. The Hall–Kier alpha value is -3.15. The minimum atomic E-state index is -0.212. The van der Waals surface area contributed by atoms with E-state index < -0.39 is 0 Å². The molecule has 1 aliphatic carbocycles. The van der Waals surface area contributed by atoms with Crippen LogP contribution in [0.1, 0.15) is 30.0 Å². The summed E-state index contributed by atoms with van der Waals surface area (Å²) in [7, 11) is 0. The van der Waals surface area contributed by atoms with Gasteiger partial charge in [0.15, 0.2) is 0 Å². The standard InChI is InChI=1S/C20H20N4O2/c1-13-7-8-16(19-24-21-12-26-19)11-17(13)22-20(25)23-18(15-9-10-15)14-5-3-2-4-6-14/h2-8,11-12,15,18H,9-10H2,1H3,(H2,22,23,25)/t18-/m0/s1. The number of hydrogen-bond acceptors (Lipinski definition) is 4. The molecule has 0 aliphatic heterocycles. The maximum absolute atomic E-state index is 12.6. The Labute approximate surface area is 151 Å². The third-order valence-electron chi connectivity index (χ3n) is 4.63. The van der Waals surface area contributed by atoms with Crippen LogP contribution in [0, 0.1) is 12.8 Å². The predicted octanol–water partition coefficient (Wildman–Crippen LogP) is 4.32. The van der Waals surface area contributed by atoms with Crippen LogP contribution >= 0.6 is 0 Å². The van der Waals surface area contributed by atoms with Crippen molar-refractivity contribution >= 4 is 11.7 Å². The zero-order valence-electron chi connectivity index (χ0n) is 14.5. The number of carbonyl (C=O) groups excluding carboxylic acids is 1. The fourth-order valence-electron chi connectivity index (χ4n) is 3.05. The molecule has 1 fully saturated rings. The van der Waals surface area contributed by atoms with Crippen LogP contribution in [-0.2, 0) is 0 Å². The van der Waals surface area contributed by atoms with Crippen LogP contribution < -0.4 is 10.6 Å². The van der Waals surface area contributed by atoms with Crippen molar-refractivity contribution < 1.29 is 9.21 Å². The van der Waals surface area contributed by atoms with E-state index in [9.17, 15) is 4.79 Å². The second-order valence-corrected chi connectivity index (χ2v) is 6.60. The third-order valence-corrected chi connectivity index (χ3v) is 4.63. The van der Waals surface area contributed by atoms with Crippen molar-refractivity contribution in [1.29, 1.82) is 0 Å². The predicted molar refractivity (Wildman–Crippen MR) is 98.5 cm³/mol. The average Bonchev–Trinajstić information content (AvgIpc) is 3.35. The van der Waals surface area contributed by atoms with Crippen LogP contribution in [0.15, 0.2) is 59.3 Å². The van der Waals surface area contributed by atoms with Crippen LogP contribution in [-0.4, -0.2) is 16.2 Å². The molecule has 0 unspecified atom stereocenters. The number of carbonyl (C=O) groups is 1. The zero-order valence-corrected chi connectivity index (χ0v) is 14.5. The Morgan fingerprint density at radius 3 is 2.69 bits per heavy atom. The van der Waals surface area contributed by atoms with Gasteiger partial charge in [-0.3, -0.25) is 0 Å². The first-order valence-electron chi connectivity index (χ1n) is 8.70. The van der Waals surface area contributed by atoms with E-state index in [1.807, 2.05) is 43.3 Å². The average molecular weight is 348 g/mol. The summed E-state index contributed by atoms with van der Waals surface area (Å²) in [4.78, 5) is 12.6. The molecule has 4 rings (SSSR count). The fourth-order valence-corrected chi connectivity index (χ4v) is 3.05. The number of nitrogens with zero attached hydrogens (tertiary/aromatic N) is 2. The number of amides is 2. The highest BCUT2D eigenvalue weighted by Crippen LogP contribution is 2.41. The molecule has 2 N–H and O–H groups in total. The molecule has 3 aromatic rings. The van der Waals surface area contributed by atoms with Crippen LogP contribution in [0.3, 0.4) is 0 Å². The number of nitrogens with one attached hydrogen (secondary N) is 2. The summed E-state index contributed by atoms with van der Waals surface area (Å²) in [6.45, 7) is 1.95. The summed E-state index contributed by atoms with van der Waals surface area (Å²) in [5.41, 5.74) is 3.60. The molecule has 0 saturated heterocycles. The molecule has 0 radical (unpaired) electrons. The number of aromatic nitrogens is 2. The first-order chi connectivity index (χ1) is 12.7. The van der Waals surface area contributed by atoms with E-state index in [4.69, 9.17) is 4.42 Å². The van der Waals surface area contributed by atoms with Gasteiger partial charge in [-0.1, -0.05) is 36.4 Å². The molecule has 1 aromatic heterocycles. The molecule has 6 nitrogen and oxygen atoms in total. The van der Waals surface area contributed by atoms with Crippen LogP contribution in [0.5, 0.6) is 0 Å². The second-order valence-electron chi connectivity index (χ2n) is 6.60. The fraction of sp³-hybridized carbons (Fsp3) is 0.250. The molecular formula is C20H20N4O2. The van der Waals surface area contributed by atoms with Crippen molar-refractivity contribution in [2.24, 2.45) is 5.92 Å². The summed E-state index contributed by atoms with van der Waals surface area (Å²) in [5.74, 6) is 0.933. The quantitative estimate of drug-likeness (QED) is 0.720. The molecule has 1 atom stereocenters. The molecule has 26 heavy (non-hydrogen) atoms. The van der Waals surface area contributed by atoms with Crippen molar-refractivity contribution in [1.82, 2.24) is 15.5 Å². The molecule has 1 heterocycles. The largest absolute Gasteiger partial charge is 0.423 e. The molecule has 1 saturated carbocycles. The second kappa shape index (κ2) is 7.00. The summed E-state index contributed by atoms with van der Waals surface area (Å²) in [6.07, 6.45) is 3.58. The van der Waals surface area contributed by atoms with Gasteiger partial charge in [-0.05, 0) is 48.9 Å². The van der Waals surface area contributed by atoms with Crippen molar-refractivity contribution in [2.75, 3.05) is 5.32 Å². The Morgan fingerprint density at radius 1 is 1.19 bits per heavy atom. The zero-order chi connectivity index (χ0) is 17.9. The van der Waals surface area contributed by atoms with E-state index in [1.165, 1.54) is 6.39 Å². The van der Waals surface area contributed by atoms with Gasteiger partial charge in [0.25, 0.3) is 0 Å². The maximum atomic E-state index is 12.6. The Morgan fingerprint density at radius 2 is 2.00 bits per heavy atom. The van der Waals surface area contributed by atoms with Gasteiger partial charge in [0, 0.05) is 11.3 Å². The molecule has 2 aromatic carbocycles. The molecular weight excluding hydrogens is 328 g/mol. The Bertz CT molecular complexity index is 889. The number of aryl methyl sites for hydroxylation is 1. The summed E-state index contributed by atoms with van der Waals surface area (Å²) >= 11 is 0. The molecule has 1 aliphatic rings. The van der Waals surface area contributed by atoms with Crippen LogP contribution in [0.4, 0.5) is 10.5 Å². The van der Waals surface area contributed by atoms with Gasteiger partial charge < -0.3 is 15.1 Å². The number of benzene rings is 2. The Kier molecular flexibility index (Phi) is 4.39. The number of urea groups is 1. The lowest BCUT2D eigenvalue weighted by molar-refractivity contribution is 0.247. The molecule has 0 bridgehead atoms. The van der Waals surface area contributed by atoms with Crippen LogP contribution in [0.25, 0.3) is 11.5 Å². The first-order valence-corrected chi connectivity index (χ1v) is 8.70. The van der Waals surface area contributed by atoms with E-state index in [0.29, 0.717) is 11.8 Å². The van der Waals surface area contributed by atoms with E-state index in [1.54, 1.807) is 0 Å². The van der Waals surface area contributed by atoms with Crippen molar-refractivity contribution in [2.45, 2.75) is 25.8 Å². The van der Waals surface area contributed by atoms with Gasteiger partial charge in [0.05, 0.1) is 6.04 Å². The van der Waals surface area contributed by atoms with Gasteiger partial charge >= 0.3 is 6.03 Å². The third kappa shape index (κ3) is 3.59. The smallest absolute Gasteiger partial charge is 0.319 e. The normalized spacial score (nSPS) is 14.7. The number of anilines is 1. The van der Waals surface area contributed by atoms with Crippen molar-refractivity contribution in [3.05, 3.63) is 66.1 Å². The number of rotatable bonds is 5. The first kappa shape index (κ1) is 16.3. The minimum Gasteiger partial charge on any atom is -0.423 e. The van der Waals surface area contributed by atoms with Gasteiger partial charge in [-0.15, -0.1) is 10.2 Å². The minimum absolute atomic E-state index is 0.0376.